The monoisotopic (exact) mass is 289 g/mol. The zero-order valence-corrected chi connectivity index (χ0v) is 10.4. The fraction of sp³-hybridized carbons (Fsp3) is 0. The van der Waals surface area contributed by atoms with Crippen LogP contribution in [0.25, 0.3) is 22.6 Å². The number of rotatable bonds is 3. The minimum Gasteiger partial charge on any atom is -0.397 e. The van der Waals surface area contributed by atoms with E-state index in [2.05, 4.69) is 5.16 Å². The van der Waals surface area contributed by atoms with E-state index in [-0.39, 0.29) is 17.3 Å². The lowest BCUT2D eigenvalue weighted by Gasteiger charge is -2.00. The lowest BCUT2D eigenvalue weighted by Crippen LogP contribution is -1.88. The van der Waals surface area contributed by atoms with Gasteiger partial charge in [-0.3, -0.25) is 10.1 Å². The average molecular weight is 289 g/mol. The summed E-state index contributed by atoms with van der Waals surface area (Å²) in [7, 11) is 0. The number of halogens is 1. The molecule has 0 aliphatic rings. The number of nitro groups is 1. The molecule has 2 N–H and O–H groups in total. The number of anilines is 1. The summed E-state index contributed by atoms with van der Waals surface area (Å²) in [4.78, 5) is 9.98. The Labute approximate surface area is 116 Å². The van der Waals surface area contributed by atoms with E-state index < -0.39 is 16.6 Å². The second kappa shape index (κ2) is 4.75. The Hall–Kier alpha value is -3.16. The molecule has 7 nitrogen and oxygen atoms in total. The Morgan fingerprint density at radius 3 is 2.52 bits per heavy atom. The van der Waals surface area contributed by atoms with Crippen LogP contribution >= 0.6 is 0 Å². The summed E-state index contributed by atoms with van der Waals surface area (Å²) in [5.74, 6) is -0.484. The van der Waals surface area contributed by atoms with E-state index in [4.69, 9.17) is 14.7 Å². The van der Waals surface area contributed by atoms with E-state index in [0.717, 1.165) is 0 Å². The van der Waals surface area contributed by atoms with Crippen molar-refractivity contribution in [3.05, 3.63) is 52.3 Å². The number of hydrogen-bond donors (Lipinski definition) is 1. The fourth-order valence-electron chi connectivity index (χ4n) is 1.91. The molecule has 0 atom stereocenters. The highest BCUT2D eigenvalue weighted by Gasteiger charge is 2.22. The molecule has 106 valence electrons. The fourth-order valence-corrected chi connectivity index (χ4v) is 1.91. The van der Waals surface area contributed by atoms with Crippen LogP contribution < -0.4 is 5.73 Å². The molecular formula is C13H8FN3O4. The first kappa shape index (κ1) is 12.9. The van der Waals surface area contributed by atoms with Crippen molar-refractivity contribution < 1.29 is 18.3 Å². The average Bonchev–Trinajstić information content (AvgIpc) is 3.06. The number of nitrogens with zero attached hydrogens (tertiary/aromatic N) is 2. The molecule has 2 heterocycles. The topological polar surface area (TPSA) is 108 Å². The van der Waals surface area contributed by atoms with Gasteiger partial charge in [0.05, 0.1) is 11.6 Å². The largest absolute Gasteiger partial charge is 0.433 e. The van der Waals surface area contributed by atoms with E-state index >= 15 is 0 Å². The maximum Gasteiger partial charge on any atom is 0.433 e. The van der Waals surface area contributed by atoms with Gasteiger partial charge in [-0.15, -0.1) is 0 Å². The molecule has 0 fully saturated rings. The molecule has 0 bridgehead atoms. The van der Waals surface area contributed by atoms with Crippen LogP contribution in [0.3, 0.4) is 0 Å². The van der Waals surface area contributed by atoms with Crippen LogP contribution in [0.15, 0.2) is 45.3 Å². The number of hydrogen-bond acceptors (Lipinski definition) is 6. The van der Waals surface area contributed by atoms with Crippen LogP contribution in [0.1, 0.15) is 0 Å². The molecule has 0 spiro atoms. The lowest BCUT2D eigenvalue weighted by atomic mass is 10.0. The molecule has 0 unspecified atom stereocenters. The zero-order chi connectivity index (χ0) is 15.0. The van der Waals surface area contributed by atoms with Crippen molar-refractivity contribution >= 4 is 11.7 Å². The molecule has 0 aliphatic heterocycles. The number of aromatic nitrogens is 1. The van der Waals surface area contributed by atoms with Crippen LogP contribution in [0.5, 0.6) is 0 Å². The first-order valence-electron chi connectivity index (χ1n) is 5.82. The Morgan fingerprint density at radius 2 is 1.90 bits per heavy atom. The summed E-state index contributed by atoms with van der Waals surface area (Å²) in [6.07, 6.45) is 0. The summed E-state index contributed by atoms with van der Waals surface area (Å²) in [5, 5.41) is 14.3. The highest BCUT2D eigenvalue weighted by atomic mass is 19.1. The van der Waals surface area contributed by atoms with Crippen LogP contribution in [-0.2, 0) is 0 Å². The number of nitrogens with two attached hydrogens (primary N) is 1. The van der Waals surface area contributed by atoms with Crippen LogP contribution in [0, 0.1) is 15.9 Å². The highest BCUT2D eigenvalue weighted by Crippen LogP contribution is 2.38. The second-order valence-corrected chi connectivity index (χ2v) is 4.17. The van der Waals surface area contributed by atoms with Gasteiger partial charge in [0, 0.05) is 0 Å². The van der Waals surface area contributed by atoms with Gasteiger partial charge in [-0.25, -0.2) is 4.39 Å². The third-order valence-corrected chi connectivity index (χ3v) is 2.85. The van der Waals surface area contributed by atoms with E-state index in [1.807, 2.05) is 0 Å². The van der Waals surface area contributed by atoms with Crippen molar-refractivity contribution in [2.75, 3.05) is 5.73 Å². The van der Waals surface area contributed by atoms with E-state index in [0.29, 0.717) is 11.1 Å². The lowest BCUT2D eigenvalue weighted by molar-refractivity contribution is -0.401. The van der Waals surface area contributed by atoms with Crippen molar-refractivity contribution in [1.82, 2.24) is 5.16 Å². The molecule has 0 aliphatic carbocycles. The van der Waals surface area contributed by atoms with Gasteiger partial charge in [0.1, 0.15) is 10.7 Å². The number of benzene rings is 1. The van der Waals surface area contributed by atoms with Gasteiger partial charge in [-0.2, -0.15) is 0 Å². The maximum atomic E-state index is 13.0. The quantitative estimate of drug-likeness (QED) is 0.585. The first-order valence-corrected chi connectivity index (χ1v) is 5.82. The normalized spacial score (nSPS) is 10.7. The Kier molecular flexibility index (Phi) is 2.90. The van der Waals surface area contributed by atoms with Crippen LogP contribution in [0.4, 0.5) is 16.1 Å². The predicted molar refractivity (Wildman–Crippen MR) is 70.7 cm³/mol. The molecule has 0 saturated carbocycles. The van der Waals surface area contributed by atoms with Gasteiger partial charge in [0.15, 0.2) is 11.6 Å². The zero-order valence-electron chi connectivity index (χ0n) is 10.4. The van der Waals surface area contributed by atoms with Gasteiger partial charge in [-0.05, 0) is 23.8 Å². The molecule has 3 aromatic rings. The summed E-state index contributed by atoms with van der Waals surface area (Å²) >= 11 is 0. The number of furan rings is 1. The molecule has 0 radical (unpaired) electrons. The Balaban J connectivity index is 2.11. The molecular weight excluding hydrogens is 281 g/mol. The number of nitrogen functional groups attached to an aromatic ring is 1. The van der Waals surface area contributed by atoms with Crippen molar-refractivity contribution in [3.8, 4) is 22.6 Å². The third-order valence-electron chi connectivity index (χ3n) is 2.85. The molecule has 0 saturated heterocycles. The second-order valence-electron chi connectivity index (χ2n) is 4.17. The summed E-state index contributed by atoms with van der Waals surface area (Å²) in [5.41, 5.74) is 6.69. The highest BCUT2D eigenvalue weighted by molar-refractivity contribution is 5.85. The minimum absolute atomic E-state index is 0.0793. The van der Waals surface area contributed by atoms with Gasteiger partial charge in [-0.1, -0.05) is 17.3 Å². The standard InChI is InChI=1S/C13H8FN3O4/c14-8-3-1-7(2-4-8)11-12(21-16-13(11)15)9-5-6-10(20-9)17(18)19/h1-6H,(H2,15,16). The molecule has 1 aromatic carbocycles. The van der Waals surface area contributed by atoms with Gasteiger partial charge in [0.2, 0.25) is 5.76 Å². The summed E-state index contributed by atoms with van der Waals surface area (Å²) < 4.78 is 23.1. The van der Waals surface area contributed by atoms with Gasteiger partial charge >= 0.3 is 5.88 Å². The predicted octanol–water partition coefficient (Wildman–Crippen LogP) is 3.23. The van der Waals surface area contributed by atoms with Crippen molar-refractivity contribution in [1.29, 1.82) is 0 Å². The Bertz CT molecular complexity index is 807. The van der Waals surface area contributed by atoms with Crippen molar-refractivity contribution in [2.24, 2.45) is 0 Å². The first-order chi connectivity index (χ1) is 10.1. The SMILES string of the molecule is Nc1noc(-c2ccc([N+](=O)[O-])o2)c1-c1ccc(F)cc1. The van der Waals surface area contributed by atoms with Crippen LogP contribution in [0.2, 0.25) is 0 Å². The summed E-state index contributed by atoms with van der Waals surface area (Å²) in [6.45, 7) is 0. The van der Waals surface area contributed by atoms with Gasteiger partial charge < -0.3 is 14.7 Å². The Morgan fingerprint density at radius 1 is 1.19 bits per heavy atom. The molecule has 8 heteroatoms. The maximum absolute atomic E-state index is 13.0. The molecule has 2 aromatic heterocycles. The molecule has 0 amide bonds. The van der Waals surface area contributed by atoms with Crippen molar-refractivity contribution in [3.63, 3.8) is 0 Å². The van der Waals surface area contributed by atoms with Gasteiger partial charge in [0.25, 0.3) is 0 Å². The molecule has 21 heavy (non-hydrogen) atoms. The van der Waals surface area contributed by atoms with Crippen molar-refractivity contribution in [2.45, 2.75) is 0 Å². The molecule has 3 rings (SSSR count). The summed E-state index contributed by atoms with van der Waals surface area (Å²) in [6, 6.07) is 8.10. The smallest absolute Gasteiger partial charge is 0.397 e. The third kappa shape index (κ3) is 2.22. The van der Waals surface area contributed by atoms with Crippen LogP contribution in [-0.4, -0.2) is 10.1 Å². The van der Waals surface area contributed by atoms with E-state index in [9.17, 15) is 14.5 Å². The minimum atomic E-state index is -0.666. The van der Waals surface area contributed by atoms with E-state index in [1.54, 1.807) is 0 Å². The van der Waals surface area contributed by atoms with E-state index in [1.165, 1.54) is 36.4 Å².